The number of rotatable bonds is 3. The number of likely N-dealkylation sites (tertiary alicyclic amines) is 1. The molecule has 1 spiro atoms. The van der Waals surface area contributed by atoms with Crippen molar-refractivity contribution in [2.24, 2.45) is 0 Å². The summed E-state index contributed by atoms with van der Waals surface area (Å²) in [6.45, 7) is 6.21. The summed E-state index contributed by atoms with van der Waals surface area (Å²) in [5.41, 5.74) is 0.0885. The summed E-state index contributed by atoms with van der Waals surface area (Å²) in [5, 5.41) is 0. The third-order valence-corrected chi connectivity index (χ3v) is 4.97. The topological polar surface area (TPSA) is 21.7 Å². The lowest BCUT2D eigenvalue weighted by Gasteiger charge is -2.53. The van der Waals surface area contributed by atoms with E-state index in [1.165, 1.54) is 9.75 Å². The largest absolute Gasteiger partial charge is 0.381 e. The first-order chi connectivity index (χ1) is 8.69. The highest BCUT2D eigenvalue weighted by atomic mass is 32.1. The molecule has 1 aromatic rings. The first kappa shape index (κ1) is 12.6. The molecule has 2 aliphatic heterocycles. The maximum absolute atomic E-state index is 5.99. The smallest absolute Gasteiger partial charge is 0.0959 e. The van der Waals surface area contributed by atoms with E-state index in [1.54, 1.807) is 0 Å². The Morgan fingerprint density at radius 3 is 3.00 bits per heavy atom. The van der Waals surface area contributed by atoms with Crippen LogP contribution in [0.2, 0.25) is 0 Å². The number of hydrogen-bond acceptors (Lipinski definition) is 4. The van der Waals surface area contributed by atoms with Gasteiger partial charge in [0.05, 0.1) is 11.7 Å². The lowest BCUT2D eigenvalue weighted by Crippen LogP contribution is -2.65. The van der Waals surface area contributed by atoms with Gasteiger partial charge in [0.25, 0.3) is 0 Å². The number of thiophene rings is 1. The average Bonchev–Trinajstić information content (AvgIpc) is 2.73. The van der Waals surface area contributed by atoms with Gasteiger partial charge >= 0.3 is 0 Å². The summed E-state index contributed by atoms with van der Waals surface area (Å²) >= 11 is 1.90. The van der Waals surface area contributed by atoms with Crippen molar-refractivity contribution in [1.29, 1.82) is 0 Å². The zero-order chi connectivity index (χ0) is 12.6. The van der Waals surface area contributed by atoms with Gasteiger partial charge in [-0.25, -0.2) is 0 Å². The molecule has 0 unspecified atom stereocenters. The van der Waals surface area contributed by atoms with Crippen molar-refractivity contribution in [3.8, 4) is 0 Å². The zero-order valence-electron chi connectivity index (χ0n) is 11.1. The maximum atomic E-state index is 5.99. The molecule has 3 nitrogen and oxygen atoms in total. The number of aryl methyl sites for hydroxylation is 1. The van der Waals surface area contributed by atoms with Crippen LogP contribution in [0.5, 0.6) is 0 Å². The average molecular weight is 267 g/mol. The van der Waals surface area contributed by atoms with Gasteiger partial charge in [-0.05, 0) is 25.5 Å². The minimum Gasteiger partial charge on any atom is -0.381 e. The molecular formula is C14H21NO2S. The summed E-state index contributed by atoms with van der Waals surface area (Å²) < 4.78 is 11.5. The molecule has 2 saturated heterocycles. The molecular weight excluding hydrogens is 246 g/mol. The van der Waals surface area contributed by atoms with E-state index in [-0.39, 0.29) is 5.60 Å². The van der Waals surface area contributed by atoms with Gasteiger partial charge in [0, 0.05) is 49.5 Å². The van der Waals surface area contributed by atoms with E-state index in [0.29, 0.717) is 6.10 Å². The molecule has 1 aromatic heterocycles. The van der Waals surface area contributed by atoms with E-state index in [9.17, 15) is 0 Å². The minimum absolute atomic E-state index is 0.0885. The van der Waals surface area contributed by atoms with Crippen LogP contribution in [0.1, 0.15) is 22.6 Å². The molecule has 18 heavy (non-hydrogen) atoms. The number of hydrogen-bond donors (Lipinski definition) is 0. The van der Waals surface area contributed by atoms with Crippen molar-refractivity contribution >= 4 is 11.3 Å². The molecule has 0 amide bonds. The van der Waals surface area contributed by atoms with Crippen LogP contribution in [-0.2, 0) is 16.0 Å². The molecule has 0 bridgehead atoms. The summed E-state index contributed by atoms with van der Waals surface area (Å²) in [5.74, 6) is 0. The molecule has 0 radical (unpaired) electrons. The molecule has 1 atom stereocenters. The van der Waals surface area contributed by atoms with Gasteiger partial charge < -0.3 is 9.47 Å². The van der Waals surface area contributed by atoms with E-state index in [2.05, 4.69) is 24.0 Å². The van der Waals surface area contributed by atoms with Crippen molar-refractivity contribution in [1.82, 2.24) is 4.90 Å². The van der Waals surface area contributed by atoms with Gasteiger partial charge in [-0.3, -0.25) is 4.90 Å². The first-order valence-electron chi connectivity index (χ1n) is 6.64. The normalized spacial score (nSPS) is 27.3. The van der Waals surface area contributed by atoms with Crippen molar-refractivity contribution in [3.63, 3.8) is 0 Å². The SMILES string of the molecule is CO[C@@H]1CCOC2(C1)CN(Cc1ccc(C)s1)C2. The summed E-state index contributed by atoms with van der Waals surface area (Å²) in [6, 6.07) is 4.44. The van der Waals surface area contributed by atoms with Gasteiger partial charge in [0.1, 0.15) is 0 Å². The fraction of sp³-hybridized carbons (Fsp3) is 0.714. The standard InChI is InChI=1S/C14H21NO2S/c1-11-3-4-13(18-11)8-15-9-14(10-15)7-12(16-2)5-6-17-14/h3-4,12H,5-10H2,1-2H3/t12-/m1/s1. The molecule has 0 aliphatic carbocycles. The predicted molar refractivity (Wildman–Crippen MR) is 73.0 cm³/mol. The van der Waals surface area contributed by atoms with Crippen molar-refractivity contribution in [2.75, 3.05) is 26.8 Å². The molecule has 2 fully saturated rings. The quantitative estimate of drug-likeness (QED) is 0.839. The number of methoxy groups -OCH3 is 1. The number of ether oxygens (including phenoxy) is 2. The molecule has 0 N–H and O–H groups in total. The van der Waals surface area contributed by atoms with E-state index in [0.717, 1.165) is 39.1 Å². The van der Waals surface area contributed by atoms with E-state index >= 15 is 0 Å². The third kappa shape index (κ3) is 2.48. The van der Waals surface area contributed by atoms with Crippen LogP contribution in [0.25, 0.3) is 0 Å². The lowest BCUT2D eigenvalue weighted by atomic mass is 9.84. The molecule has 4 heteroatoms. The highest BCUT2D eigenvalue weighted by Gasteiger charge is 2.47. The predicted octanol–water partition coefficient (Wildman–Crippen LogP) is 2.44. The van der Waals surface area contributed by atoms with Crippen LogP contribution < -0.4 is 0 Å². The van der Waals surface area contributed by atoms with Gasteiger partial charge in [-0.1, -0.05) is 0 Å². The fourth-order valence-electron chi connectivity index (χ4n) is 3.08. The van der Waals surface area contributed by atoms with Crippen LogP contribution in [0.15, 0.2) is 12.1 Å². The molecule has 2 aliphatic rings. The van der Waals surface area contributed by atoms with E-state index in [4.69, 9.17) is 9.47 Å². The van der Waals surface area contributed by atoms with Crippen LogP contribution >= 0.6 is 11.3 Å². The maximum Gasteiger partial charge on any atom is 0.0959 e. The van der Waals surface area contributed by atoms with Crippen LogP contribution in [-0.4, -0.2) is 43.4 Å². The monoisotopic (exact) mass is 267 g/mol. The second kappa shape index (κ2) is 4.93. The Labute approximate surface area is 113 Å². The van der Waals surface area contributed by atoms with Crippen LogP contribution in [0, 0.1) is 6.92 Å². The Hall–Kier alpha value is -0.420. The molecule has 3 rings (SSSR count). The molecule has 3 heterocycles. The Morgan fingerprint density at radius 2 is 2.33 bits per heavy atom. The van der Waals surface area contributed by atoms with Crippen LogP contribution in [0.3, 0.4) is 0 Å². The highest BCUT2D eigenvalue weighted by molar-refractivity contribution is 7.11. The Balaban J connectivity index is 1.53. The first-order valence-corrected chi connectivity index (χ1v) is 7.45. The molecule has 0 saturated carbocycles. The van der Waals surface area contributed by atoms with Gasteiger partial charge in [-0.15, -0.1) is 11.3 Å². The second-order valence-corrected chi connectivity index (χ2v) is 6.91. The Morgan fingerprint density at radius 1 is 1.50 bits per heavy atom. The van der Waals surface area contributed by atoms with Gasteiger partial charge in [0.2, 0.25) is 0 Å². The highest BCUT2D eigenvalue weighted by Crippen LogP contribution is 2.36. The van der Waals surface area contributed by atoms with Gasteiger partial charge in [-0.2, -0.15) is 0 Å². The minimum atomic E-state index is 0.0885. The zero-order valence-corrected chi connectivity index (χ0v) is 12.0. The summed E-state index contributed by atoms with van der Waals surface area (Å²) in [4.78, 5) is 5.33. The van der Waals surface area contributed by atoms with E-state index in [1.807, 2.05) is 18.4 Å². The molecule has 0 aromatic carbocycles. The second-order valence-electron chi connectivity index (χ2n) is 5.54. The Kier molecular flexibility index (Phi) is 3.45. The summed E-state index contributed by atoms with van der Waals surface area (Å²) in [6.07, 6.45) is 2.50. The third-order valence-electron chi connectivity index (χ3n) is 3.98. The lowest BCUT2D eigenvalue weighted by molar-refractivity contribution is -0.195. The Bertz CT molecular complexity index is 412. The van der Waals surface area contributed by atoms with Crippen molar-refractivity contribution in [2.45, 2.75) is 38.0 Å². The van der Waals surface area contributed by atoms with E-state index < -0.39 is 0 Å². The fourth-order valence-corrected chi connectivity index (χ4v) is 4.01. The van der Waals surface area contributed by atoms with Gasteiger partial charge in [0.15, 0.2) is 0 Å². The van der Waals surface area contributed by atoms with Crippen LogP contribution in [0.4, 0.5) is 0 Å². The summed E-state index contributed by atoms with van der Waals surface area (Å²) in [7, 11) is 1.81. The molecule has 100 valence electrons. The number of nitrogens with zero attached hydrogens (tertiary/aromatic N) is 1. The van der Waals surface area contributed by atoms with Crippen molar-refractivity contribution < 1.29 is 9.47 Å². The van der Waals surface area contributed by atoms with Crippen molar-refractivity contribution in [3.05, 3.63) is 21.9 Å².